The molecular weight excluding hydrogens is 438 g/mol. The highest BCUT2D eigenvalue weighted by Crippen LogP contribution is 2.27. The lowest BCUT2D eigenvalue weighted by Crippen LogP contribution is -2.36. The third kappa shape index (κ3) is 6.59. The van der Waals surface area contributed by atoms with Gasteiger partial charge in [-0.15, -0.1) is 0 Å². The van der Waals surface area contributed by atoms with Crippen LogP contribution in [0, 0.1) is 5.92 Å². The van der Waals surface area contributed by atoms with Crippen LogP contribution in [0.15, 0.2) is 53.3 Å². The number of benzene rings is 2. The van der Waals surface area contributed by atoms with E-state index in [-0.39, 0.29) is 24.1 Å². The van der Waals surface area contributed by atoms with Crippen LogP contribution in [0.2, 0.25) is 5.02 Å². The van der Waals surface area contributed by atoms with Crippen molar-refractivity contribution in [2.24, 2.45) is 5.92 Å². The van der Waals surface area contributed by atoms with Crippen molar-refractivity contribution in [3.05, 3.63) is 63.9 Å². The number of nitrogens with one attached hydrogen (secondary N) is 1. The molecule has 1 atom stereocenters. The Morgan fingerprint density at radius 2 is 1.88 bits per heavy atom. The molecule has 0 spiro atoms. The van der Waals surface area contributed by atoms with Gasteiger partial charge in [-0.05, 0) is 69.2 Å². The molecule has 1 N–H and O–H groups in total. The Morgan fingerprint density at radius 3 is 2.55 bits per heavy atom. The van der Waals surface area contributed by atoms with E-state index >= 15 is 0 Å². The molecule has 0 aliphatic carbocycles. The monoisotopic (exact) mass is 469 g/mol. The zero-order valence-electron chi connectivity index (χ0n) is 19.9. The number of fused-ring (bicyclic) bond motifs is 1. The molecule has 0 saturated carbocycles. The van der Waals surface area contributed by atoms with Crippen molar-refractivity contribution in [2.45, 2.75) is 33.4 Å². The van der Waals surface area contributed by atoms with Crippen molar-refractivity contribution >= 4 is 28.3 Å². The second-order valence-electron chi connectivity index (χ2n) is 9.08. The highest BCUT2D eigenvalue weighted by Gasteiger charge is 2.16. The number of pyridine rings is 1. The largest absolute Gasteiger partial charge is 0.493 e. The van der Waals surface area contributed by atoms with Crippen LogP contribution in [-0.4, -0.2) is 48.7 Å². The molecule has 2 aromatic carbocycles. The molecule has 0 saturated heterocycles. The lowest BCUT2D eigenvalue weighted by molar-refractivity contribution is -0.122. The molecule has 1 aromatic heterocycles. The number of hydrogen-bond donors (Lipinski definition) is 1. The minimum absolute atomic E-state index is 0.0209. The van der Waals surface area contributed by atoms with Gasteiger partial charge < -0.3 is 15.0 Å². The molecule has 3 rings (SSSR count). The zero-order chi connectivity index (χ0) is 24.1. The van der Waals surface area contributed by atoms with Crippen LogP contribution >= 0.6 is 11.6 Å². The zero-order valence-corrected chi connectivity index (χ0v) is 20.6. The van der Waals surface area contributed by atoms with Gasteiger partial charge in [-0.3, -0.25) is 14.2 Å². The van der Waals surface area contributed by atoms with E-state index in [1.165, 1.54) is 4.57 Å². The number of carbonyl (C=O) groups excluding carboxylic acids is 1. The molecule has 0 fully saturated rings. The predicted octanol–water partition coefficient (Wildman–Crippen LogP) is 4.42. The van der Waals surface area contributed by atoms with Crippen LogP contribution < -0.4 is 15.6 Å². The molecule has 176 valence electrons. The first-order chi connectivity index (χ1) is 15.6. The van der Waals surface area contributed by atoms with Crippen molar-refractivity contribution in [1.29, 1.82) is 0 Å². The standard InChI is InChI=1S/C26H32ClN3O3/c1-17(2)28-25(31)15-30-24(20-7-6-8-21(27)11-20)12-19-9-10-22(13-23(19)26(30)32)33-16-18(3)14-29(4)5/h6-13,17-18H,14-16H2,1-5H3,(H,28,31). The SMILES string of the molecule is CC(COc1ccc2cc(-c3cccc(Cl)c3)n(CC(=O)NC(C)C)c(=O)c2c1)CN(C)C. The predicted molar refractivity (Wildman–Crippen MR) is 135 cm³/mol. The normalized spacial score (nSPS) is 12.4. The van der Waals surface area contributed by atoms with Crippen molar-refractivity contribution in [1.82, 2.24) is 14.8 Å². The lowest BCUT2D eigenvalue weighted by Gasteiger charge is -2.18. The number of nitrogens with zero attached hydrogens (tertiary/aromatic N) is 2. The second kappa shape index (κ2) is 10.9. The van der Waals surface area contributed by atoms with Gasteiger partial charge in [0.15, 0.2) is 0 Å². The molecule has 1 unspecified atom stereocenters. The van der Waals surface area contributed by atoms with Gasteiger partial charge in [0.25, 0.3) is 5.56 Å². The molecule has 3 aromatic rings. The van der Waals surface area contributed by atoms with Gasteiger partial charge in [-0.2, -0.15) is 0 Å². The number of ether oxygens (including phenoxy) is 1. The Labute approximate surface area is 200 Å². The summed E-state index contributed by atoms with van der Waals surface area (Å²) >= 11 is 6.21. The Morgan fingerprint density at radius 1 is 1.12 bits per heavy atom. The van der Waals surface area contributed by atoms with Crippen molar-refractivity contribution in [3.8, 4) is 17.0 Å². The maximum absolute atomic E-state index is 13.6. The Balaban J connectivity index is 2.04. The van der Waals surface area contributed by atoms with Crippen molar-refractivity contribution in [2.75, 3.05) is 27.2 Å². The molecule has 33 heavy (non-hydrogen) atoms. The minimum atomic E-state index is -0.242. The van der Waals surface area contributed by atoms with Gasteiger partial charge in [0.2, 0.25) is 5.91 Å². The highest BCUT2D eigenvalue weighted by atomic mass is 35.5. The topological polar surface area (TPSA) is 63.6 Å². The summed E-state index contributed by atoms with van der Waals surface area (Å²) in [6.07, 6.45) is 0. The van der Waals surface area contributed by atoms with Crippen LogP contribution in [0.1, 0.15) is 20.8 Å². The van der Waals surface area contributed by atoms with Crippen LogP contribution in [0.25, 0.3) is 22.0 Å². The maximum Gasteiger partial charge on any atom is 0.259 e. The third-order valence-electron chi connectivity index (χ3n) is 5.17. The average Bonchev–Trinajstić information content (AvgIpc) is 2.73. The third-order valence-corrected chi connectivity index (χ3v) is 5.40. The van der Waals surface area contributed by atoms with Crippen molar-refractivity contribution in [3.63, 3.8) is 0 Å². The smallest absolute Gasteiger partial charge is 0.259 e. The average molecular weight is 470 g/mol. The van der Waals surface area contributed by atoms with E-state index in [0.29, 0.717) is 34.4 Å². The fraction of sp³-hybridized carbons (Fsp3) is 0.385. The number of rotatable bonds is 9. The van der Waals surface area contributed by atoms with E-state index in [0.717, 1.165) is 17.5 Å². The van der Waals surface area contributed by atoms with Crippen LogP contribution in [0.5, 0.6) is 5.75 Å². The Kier molecular flexibility index (Phi) is 8.16. The van der Waals surface area contributed by atoms with Crippen molar-refractivity contribution < 1.29 is 9.53 Å². The van der Waals surface area contributed by atoms with Gasteiger partial charge >= 0.3 is 0 Å². The number of halogens is 1. The fourth-order valence-corrected chi connectivity index (χ4v) is 4.08. The summed E-state index contributed by atoms with van der Waals surface area (Å²) in [4.78, 5) is 28.2. The van der Waals surface area contributed by atoms with E-state index in [4.69, 9.17) is 16.3 Å². The van der Waals surface area contributed by atoms with E-state index < -0.39 is 0 Å². The maximum atomic E-state index is 13.6. The van der Waals surface area contributed by atoms with E-state index in [2.05, 4.69) is 17.1 Å². The van der Waals surface area contributed by atoms with Gasteiger partial charge in [0.05, 0.1) is 17.7 Å². The molecular formula is C26H32ClN3O3. The first kappa shape index (κ1) is 24.8. The Hall–Kier alpha value is -2.83. The summed E-state index contributed by atoms with van der Waals surface area (Å²) in [5.74, 6) is 0.760. The van der Waals surface area contributed by atoms with E-state index in [9.17, 15) is 9.59 Å². The first-order valence-electron chi connectivity index (χ1n) is 11.1. The molecule has 0 bridgehead atoms. The molecule has 1 heterocycles. The van der Waals surface area contributed by atoms with E-state index in [1.54, 1.807) is 18.2 Å². The summed E-state index contributed by atoms with van der Waals surface area (Å²) in [6, 6.07) is 14.7. The summed E-state index contributed by atoms with van der Waals surface area (Å²) in [5, 5.41) is 4.72. The summed E-state index contributed by atoms with van der Waals surface area (Å²) < 4.78 is 7.47. The molecule has 0 aliphatic rings. The summed E-state index contributed by atoms with van der Waals surface area (Å²) in [7, 11) is 4.06. The molecule has 7 heteroatoms. The number of carbonyl (C=O) groups is 1. The van der Waals surface area contributed by atoms with Gasteiger partial charge in [0.1, 0.15) is 12.3 Å². The molecule has 0 radical (unpaired) electrons. The summed E-state index contributed by atoms with van der Waals surface area (Å²) in [6.45, 7) is 7.28. The lowest BCUT2D eigenvalue weighted by atomic mass is 10.1. The first-order valence-corrected chi connectivity index (χ1v) is 11.5. The molecule has 6 nitrogen and oxygen atoms in total. The van der Waals surface area contributed by atoms with Crippen LogP contribution in [0.4, 0.5) is 0 Å². The number of amides is 1. The van der Waals surface area contributed by atoms with Gasteiger partial charge in [-0.1, -0.05) is 36.7 Å². The number of aromatic nitrogens is 1. The van der Waals surface area contributed by atoms with Crippen LogP contribution in [0.3, 0.4) is 0 Å². The molecule has 0 aliphatic heterocycles. The number of hydrogen-bond acceptors (Lipinski definition) is 4. The quantitative estimate of drug-likeness (QED) is 0.503. The Bertz CT molecular complexity index is 1190. The highest BCUT2D eigenvalue weighted by molar-refractivity contribution is 6.30. The van der Waals surface area contributed by atoms with Gasteiger partial charge in [-0.25, -0.2) is 0 Å². The fourth-order valence-electron chi connectivity index (χ4n) is 3.89. The van der Waals surface area contributed by atoms with Crippen LogP contribution in [-0.2, 0) is 11.3 Å². The summed E-state index contributed by atoms with van der Waals surface area (Å²) in [5.41, 5.74) is 1.17. The second-order valence-corrected chi connectivity index (χ2v) is 9.52. The molecule has 1 amide bonds. The van der Waals surface area contributed by atoms with E-state index in [1.807, 2.05) is 58.3 Å². The van der Waals surface area contributed by atoms with Gasteiger partial charge in [0, 0.05) is 23.5 Å². The minimum Gasteiger partial charge on any atom is -0.493 e.